The SMILES string of the molecule is CC1(C)C(/C=C/C=C/C=C2/N(CCCCCC(=O)O)c3cc(C(=O)NCCS(=O)(=O)O)cc(C(=O)NCCCS(=O)(=O)O)c3C2(C)C)=[N+](CCCS(=O)(=O)O)c2cc(C(=O)NCCS(=O)(=O)O)cc(C(=O)NCCS(=O)(=O)O)c21. The lowest BCUT2D eigenvalue weighted by Crippen LogP contribution is -2.34. The molecule has 32 heteroatoms. The Kier molecular flexibility index (Phi) is 22.0. The number of nitrogens with zero attached hydrogens (tertiary/aromatic N) is 2. The molecule has 0 atom stereocenters. The van der Waals surface area contributed by atoms with Crippen LogP contribution in [0.5, 0.6) is 0 Å². The number of hydrogen-bond acceptors (Lipinski definition) is 16. The molecule has 4 rings (SSSR count). The monoisotopic (exact) mass is 1210 g/mol. The van der Waals surface area contributed by atoms with Crippen LogP contribution in [0.2, 0.25) is 0 Å². The molecule has 2 aliphatic rings. The van der Waals surface area contributed by atoms with Crippen molar-refractivity contribution in [3.8, 4) is 0 Å². The van der Waals surface area contributed by atoms with Crippen LogP contribution in [0, 0.1) is 0 Å². The molecule has 0 radical (unpaired) electrons. The summed E-state index contributed by atoms with van der Waals surface area (Å²) in [6.07, 6.45) is 8.76. The van der Waals surface area contributed by atoms with Gasteiger partial charge in [0.15, 0.2) is 5.71 Å². The summed E-state index contributed by atoms with van der Waals surface area (Å²) in [6.45, 7) is 5.17. The number of allylic oxidation sites excluding steroid dienone is 6. The van der Waals surface area contributed by atoms with Gasteiger partial charge in [0.05, 0.1) is 45.3 Å². The van der Waals surface area contributed by atoms with Crippen LogP contribution in [0.15, 0.2) is 60.3 Å². The first kappa shape index (κ1) is 65.5. The first-order valence-corrected chi connectivity index (χ1v) is 32.3. The van der Waals surface area contributed by atoms with E-state index in [1.165, 1.54) is 24.3 Å². The highest BCUT2D eigenvalue weighted by Gasteiger charge is 2.48. The number of carboxylic acids is 1. The predicted molar refractivity (Wildman–Crippen MR) is 289 cm³/mol. The minimum absolute atomic E-state index is 0.0313. The lowest BCUT2D eigenvalue weighted by molar-refractivity contribution is -0.437. The summed E-state index contributed by atoms with van der Waals surface area (Å²) in [5.74, 6) is -8.32. The third-order valence-electron chi connectivity index (χ3n) is 12.5. The number of hydrogen-bond donors (Lipinski definition) is 10. The standard InChI is InChI=1S/C47H64N6O21S5/c1-46(2)37(52(20-10-6-9-15-39(54)55)35-29-31(42(56)49-17-24-77(66,67)68)27-33(40(35)46)44(58)48-16-11-22-75(60,61)62)13-7-5-8-14-38-47(3,4)41-34(45(59)51-19-26-79(72,73)74)28-32(43(57)50-18-25-78(69,70)71)30-36(41)53(38)21-12-23-76(63,64)65/h5,7-8,13-14,27-30H,6,9-12,15-26H2,1-4H3,(H9-,48,49,50,51,54,55,56,57,58,59,60,61,62,63,64,65,66,67,68,69,70,71,72,73,74)/p+1. The lowest BCUT2D eigenvalue weighted by Gasteiger charge is -2.27. The normalized spacial score (nSPS) is 15.9. The molecular formula is C47H65N6O21S5+. The van der Waals surface area contributed by atoms with Crippen LogP contribution >= 0.6 is 0 Å². The number of benzene rings is 2. The largest absolute Gasteiger partial charge is 0.481 e. The molecule has 2 heterocycles. The van der Waals surface area contributed by atoms with E-state index in [1.54, 1.807) is 62.7 Å². The lowest BCUT2D eigenvalue weighted by atomic mass is 9.78. The van der Waals surface area contributed by atoms with E-state index in [0.29, 0.717) is 41.9 Å². The number of carboxylic acid groups (broad SMARTS) is 1. The average Bonchev–Trinajstić information content (AvgIpc) is 3.79. The number of carbonyl (C=O) groups excluding carboxylic acids is 4. The van der Waals surface area contributed by atoms with Gasteiger partial charge in [-0.05, 0) is 57.4 Å². The van der Waals surface area contributed by atoms with E-state index < -0.39 is 139 Å². The molecule has 0 unspecified atom stereocenters. The molecule has 0 aliphatic carbocycles. The minimum Gasteiger partial charge on any atom is -0.481 e. The van der Waals surface area contributed by atoms with E-state index in [0.717, 1.165) is 0 Å². The summed E-state index contributed by atoms with van der Waals surface area (Å²) >= 11 is 0. The molecule has 438 valence electrons. The molecule has 2 aromatic rings. The molecule has 2 aromatic carbocycles. The smallest absolute Gasteiger partial charge is 0.303 e. The molecule has 0 saturated heterocycles. The van der Waals surface area contributed by atoms with Gasteiger partial charge in [-0.2, -0.15) is 46.7 Å². The molecule has 0 spiro atoms. The second-order valence-corrected chi connectivity index (χ2v) is 27.3. The van der Waals surface area contributed by atoms with Crippen molar-refractivity contribution in [2.24, 2.45) is 0 Å². The van der Waals surface area contributed by atoms with Crippen LogP contribution in [0.1, 0.15) is 119 Å². The molecule has 10 N–H and O–H groups in total. The Morgan fingerprint density at radius 2 is 1.00 bits per heavy atom. The first-order valence-electron chi connectivity index (χ1n) is 24.3. The van der Waals surface area contributed by atoms with Crippen molar-refractivity contribution in [1.29, 1.82) is 0 Å². The first-order chi connectivity index (χ1) is 36.3. The Morgan fingerprint density at radius 1 is 0.532 bits per heavy atom. The molecular weight excluding hydrogens is 1140 g/mol. The summed E-state index contributed by atoms with van der Waals surface area (Å²) in [5, 5.41) is 19.0. The number of fused-ring (bicyclic) bond motifs is 2. The number of nitrogens with one attached hydrogen (secondary N) is 4. The van der Waals surface area contributed by atoms with Gasteiger partial charge in [-0.3, -0.25) is 46.7 Å². The Bertz CT molecular complexity index is 3420. The zero-order valence-corrected chi connectivity index (χ0v) is 47.5. The van der Waals surface area contributed by atoms with Crippen molar-refractivity contribution in [2.45, 2.75) is 77.0 Å². The highest BCUT2D eigenvalue weighted by Crippen LogP contribution is 2.50. The van der Waals surface area contributed by atoms with Crippen LogP contribution in [-0.2, 0) is 66.2 Å². The van der Waals surface area contributed by atoms with Crippen LogP contribution in [0.3, 0.4) is 0 Å². The number of anilines is 1. The van der Waals surface area contributed by atoms with Crippen molar-refractivity contribution < 1.29 is 98.5 Å². The maximum atomic E-state index is 14.0. The topological polar surface area (TPSA) is 432 Å². The van der Waals surface area contributed by atoms with E-state index in [1.807, 2.05) is 4.90 Å². The van der Waals surface area contributed by atoms with Gasteiger partial charge in [0.2, 0.25) is 5.69 Å². The average molecular weight is 1210 g/mol. The summed E-state index contributed by atoms with van der Waals surface area (Å²) in [5.41, 5.74) is -0.635. The number of amides is 4. The Hall–Kier alpha value is -5.97. The Labute approximate surface area is 458 Å². The van der Waals surface area contributed by atoms with Gasteiger partial charge >= 0.3 is 5.97 Å². The molecule has 0 saturated carbocycles. The third-order valence-corrected chi connectivity index (χ3v) is 16.3. The van der Waals surface area contributed by atoms with Crippen LogP contribution in [0.25, 0.3) is 0 Å². The summed E-state index contributed by atoms with van der Waals surface area (Å²) in [7, 11) is -22.4. The van der Waals surface area contributed by atoms with Crippen molar-refractivity contribution in [3.05, 3.63) is 93.7 Å². The van der Waals surface area contributed by atoms with E-state index in [2.05, 4.69) is 21.3 Å². The third kappa shape index (κ3) is 19.7. The van der Waals surface area contributed by atoms with Gasteiger partial charge < -0.3 is 31.3 Å². The summed E-state index contributed by atoms with van der Waals surface area (Å²) < 4.78 is 164. The summed E-state index contributed by atoms with van der Waals surface area (Å²) in [6, 6.07) is 5.25. The molecule has 0 aromatic heterocycles. The zero-order chi connectivity index (χ0) is 59.5. The van der Waals surface area contributed by atoms with Crippen molar-refractivity contribution in [1.82, 2.24) is 21.3 Å². The van der Waals surface area contributed by atoms with Crippen LogP contribution < -0.4 is 26.2 Å². The second kappa shape index (κ2) is 26.5. The molecule has 27 nitrogen and oxygen atoms in total. The maximum Gasteiger partial charge on any atom is 0.303 e. The zero-order valence-electron chi connectivity index (χ0n) is 43.5. The number of rotatable bonds is 30. The van der Waals surface area contributed by atoms with E-state index in [9.17, 15) is 93.9 Å². The van der Waals surface area contributed by atoms with Crippen molar-refractivity contribution in [3.63, 3.8) is 0 Å². The Balaban J connectivity index is 1.89. The van der Waals surface area contributed by atoms with Crippen LogP contribution in [-0.4, -0.2) is 178 Å². The highest BCUT2D eigenvalue weighted by molar-refractivity contribution is 7.86. The van der Waals surface area contributed by atoms with Gasteiger partial charge in [-0.15, -0.1) is 0 Å². The molecule has 0 fully saturated rings. The Morgan fingerprint density at radius 3 is 1.51 bits per heavy atom. The molecule has 2 aliphatic heterocycles. The quantitative estimate of drug-likeness (QED) is 0.0230. The van der Waals surface area contributed by atoms with Crippen molar-refractivity contribution >= 4 is 97.3 Å². The van der Waals surface area contributed by atoms with E-state index >= 15 is 0 Å². The van der Waals surface area contributed by atoms with Gasteiger partial charge in [-0.1, -0.05) is 38.5 Å². The van der Waals surface area contributed by atoms with Gasteiger partial charge in [-0.25, -0.2) is 0 Å². The number of aliphatic carboxylic acids is 1. The van der Waals surface area contributed by atoms with Gasteiger partial charge in [0, 0.05) is 96.8 Å². The van der Waals surface area contributed by atoms with E-state index in [4.69, 9.17) is 0 Å². The minimum atomic E-state index is -4.54. The fourth-order valence-electron chi connectivity index (χ4n) is 9.10. The highest BCUT2D eigenvalue weighted by atomic mass is 32.2. The van der Waals surface area contributed by atoms with Gasteiger partial charge in [0.25, 0.3) is 74.2 Å². The number of unbranched alkanes of at least 4 members (excludes halogenated alkanes) is 2. The fourth-order valence-corrected chi connectivity index (χ4v) is 11.2. The van der Waals surface area contributed by atoms with Crippen molar-refractivity contribution in [2.75, 3.05) is 72.9 Å². The molecule has 4 amide bonds. The fraction of sp³-hybridized carbons (Fsp3) is 0.489. The van der Waals surface area contributed by atoms with Crippen LogP contribution in [0.4, 0.5) is 11.4 Å². The predicted octanol–water partition coefficient (Wildman–Crippen LogP) is 1.64. The van der Waals surface area contributed by atoms with E-state index in [-0.39, 0.29) is 72.4 Å². The van der Waals surface area contributed by atoms with Gasteiger partial charge in [0.1, 0.15) is 6.54 Å². The maximum absolute atomic E-state index is 14.0. The molecule has 0 bridgehead atoms. The summed E-state index contributed by atoms with van der Waals surface area (Å²) in [4.78, 5) is 68.2. The number of carbonyl (C=O) groups is 5. The second-order valence-electron chi connectivity index (χ2n) is 19.4. The molecule has 79 heavy (non-hydrogen) atoms.